The first-order chi connectivity index (χ1) is 37.8. The first kappa shape index (κ1) is 64.4. The van der Waals surface area contributed by atoms with E-state index in [1.54, 1.807) is 0 Å². The Kier molecular flexibility index (Phi) is 22.0. The smallest absolute Gasteiger partial charge is 0.306 e. The van der Waals surface area contributed by atoms with Crippen LogP contribution in [0.15, 0.2) is 54.4 Å². The fraction of sp³-hybridized carbons (Fsp3) is 0.719. The fourth-order valence-electron chi connectivity index (χ4n) is 13.0. The predicted octanol–water partition coefficient (Wildman–Crippen LogP) is 7.25. The lowest BCUT2D eigenvalue weighted by molar-refractivity contribution is -0.148. The first-order valence-electron chi connectivity index (χ1n) is 27.2. The van der Waals surface area contributed by atoms with E-state index < -0.39 is 98.7 Å². The summed E-state index contributed by atoms with van der Waals surface area (Å²) in [5.41, 5.74) is 7.46. The summed E-state index contributed by atoms with van der Waals surface area (Å²) < 4.78 is 48.6. The van der Waals surface area contributed by atoms with Gasteiger partial charge in [-0.2, -0.15) is 0 Å². The third-order valence-corrected chi connectivity index (χ3v) is 17.9. The molecule has 1 saturated heterocycles. The van der Waals surface area contributed by atoms with E-state index in [0.717, 1.165) is 0 Å². The number of ether oxygens (including phenoxy) is 9. The normalized spacial score (nSPS) is 29.1. The van der Waals surface area contributed by atoms with Gasteiger partial charge in [0.25, 0.3) is 0 Å². The number of methoxy groups -OCH3 is 6. The summed E-state index contributed by atoms with van der Waals surface area (Å²) in [7, 11) is 7.83. The number of carbonyl (C=O) groups excluding carboxylic acids is 7. The summed E-state index contributed by atoms with van der Waals surface area (Å²) in [6.45, 7) is 16.4. The van der Waals surface area contributed by atoms with Crippen LogP contribution in [-0.4, -0.2) is 153 Å². The number of rotatable bonds is 27. The molecular formula is C57H83N7O16. The zero-order valence-electron chi connectivity index (χ0n) is 49.2. The van der Waals surface area contributed by atoms with E-state index in [1.807, 2.05) is 61.5 Å². The number of carbonyl (C=O) groups is 7. The van der Waals surface area contributed by atoms with Crippen molar-refractivity contribution in [2.75, 3.05) is 82.2 Å². The van der Waals surface area contributed by atoms with Crippen molar-refractivity contribution in [3.8, 4) is 0 Å². The summed E-state index contributed by atoms with van der Waals surface area (Å²) >= 11 is 0. The topological polar surface area (TPSA) is 300 Å². The van der Waals surface area contributed by atoms with E-state index >= 15 is 0 Å². The molecular weight excluding hydrogens is 1040 g/mol. The lowest BCUT2D eigenvalue weighted by atomic mass is 9.55. The minimum atomic E-state index is -1.42. The van der Waals surface area contributed by atoms with Crippen LogP contribution in [-0.2, 0) is 76.2 Å². The Morgan fingerprint density at radius 2 is 1.18 bits per heavy atom. The van der Waals surface area contributed by atoms with Crippen LogP contribution in [0.2, 0.25) is 0 Å². The number of nitrogens with one attached hydrogen (secondary N) is 1. The van der Waals surface area contributed by atoms with Crippen LogP contribution in [0, 0.1) is 45.3 Å². The van der Waals surface area contributed by atoms with Gasteiger partial charge in [0.1, 0.15) is 6.61 Å². The molecule has 23 nitrogen and oxygen atoms in total. The lowest BCUT2D eigenvalue weighted by Gasteiger charge is -2.48. The lowest BCUT2D eigenvalue weighted by Crippen LogP contribution is -2.55. The molecule has 9 atom stereocenters. The van der Waals surface area contributed by atoms with Gasteiger partial charge >= 0.3 is 41.8 Å². The Morgan fingerprint density at radius 1 is 0.637 bits per heavy atom. The number of aliphatic imine (C=N–C) groups is 3. The third kappa shape index (κ3) is 13.5. The van der Waals surface area contributed by atoms with Gasteiger partial charge in [-0.3, -0.25) is 48.5 Å². The Hall–Kier alpha value is -6.45. The van der Waals surface area contributed by atoms with Crippen molar-refractivity contribution in [2.24, 2.45) is 65.4 Å². The second kappa shape index (κ2) is 27.3. The molecule has 1 fully saturated rings. The number of fused-ring (bicyclic) bond motifs is 6. The van der Waals surface area contributed by atoms with Crippen molar-refractivity contribution in [3.05, 3.63) is 44.8 Å². The Bertz CT molecular complexity index is 2630. The minimum Gasteiger partial charge on any atom is -0.469 e. The highest BCUT2D eigenvalue weighted by Crippen LogP contribution is 2.62. The molecule has 1 unspecified atom stereocenters. The maximum Gasteiger partial charge on any atom is 0.306 e. The molecule has 0 aromatic heterocycles. The standard InChI is InChI=1S/C57H83N7O16/c1-33-48-36(16-19-42(66)73-10)53(3,4)40(61-48)30-39-35(15-18-41(65)72-9)55(6,31-47(71)80-28-27-79-26-25-78-24-23-59-64-58)51(60-39)34(2)49-37(17-20-43(67)74-11)56(7,32-46(70)77-14)57(8,63-49)52-38(29-45(69)76-13)54(5,50(33)62-52)22-21-44(68)75-12/h30,35-38,52,60H,15-29,31-32H2,1-14H3/b39-30?,48-33?,51-34-/t35-,36-,37-,38+,52?,54-,55+,56+,57+/m1/s1. The molecule has 23 heteroatoms. The average Bonchev–Trinajstić information content (AvgIpc) is 3.38. The number of hydrogen-bond donors (Lipinski definition) is 1. The van der Waals surface area contributed by atoms with Gasteiger partial charge in [-0.05, 0) is 69.2 Å². The highest BCUT2D eigenvalue weighted by molar-refractivity contribution is 6.10. The van der Waals surface area contributed by atoms with Crippen LogP contribution < -0.4 is 5.32 Å². The molecule has 8 bridgehead atoms. The average molecular weight is 1120 g/mol. The molecule has 1 N–H and O–H groups in total. The molecule has 442 valence electrons. The fourth-order valence-corrected chi connectivity index (χ4v) is 13.0. The van der Waals surface area contributed by atoms with Gasteiger partial charge < -0.3 is 47.9 Å². The summed E-state index contributed by atoms with van der Waals surface area (Å²) in [5, 5.41) is 7.19. The largest absolute Gasteiger partial charge is 0.469 e. The first-order valence-corrected chi connectivity index (χ1v) is 27.2. The molecule has 0 radical (unpaired) electrons. The second-order valence-electron chi connectivity index (χ2n) is 22.6. The van der Waals surface area contributed by atoms with Gasteiger partial charge in [0.2, 0.25) is 0 Å². The summed E-state index contributed by atoms with van der Waals surface area (Å²) in [4.78, 5) is 115. The molecule has 5 aliphatic heterocycles. The van der Waals surface area contributed by atoms with Gasteiger partial charge in [-0.1, -0.05) is 39.7 Å². The zero-order valence-corrected chi connectivity index (χ0v) is 49.2. The molecule has 5 aliphatic rings. The van der Waals surface area contributed by atoms with Gasteiger partial charge in [0.05, 0.1) is 99.9 Å². The molecule has 0 aliphatic carbocycles. The number of allylic oxidation sites excluding steroid dienone is 6. The van der Waals surface area contributed by atoms with Crippen molar-refractivity contribution < 1.29 is 76.2 Å². The van der Waals surface area contributed by atoms with E-state index in [-0.39, 0.29) is 104 Å². The second-order valence-corrected chi connectivity index (χ2v) is 22.6. The van der Waals surface area contributed by atoms with Crippen molar-refractivity contribution in [2.45, 2.75) is 138 Å². The molecule has 0 saturated carbocycles. The minimum absolute atomic E-state index is 0.0387. The van der Waals surface area contributed by atoms with Crippen molar-refractivity contribution in [3.63, 3.8) is 0 Å². The van der Waals surface area contributed by atoms with Crippen LogP contribution in [0.5, 0.6) is 0 Å². The highest BCUT2D eigenvalue weighted by Gasteiger charge is 2.67. The Morgan fingerprint density at radius 3 is 1.75 bits per heavy atom. The molecule has 0 amide bonds. The molecule has 0 spiro atoms. The predicted molar refractivity (Wildman–Crippen MR) is 293 cm³/mol. The SMILES string of the molecule is COC(=O)CC[C@@H]1C2=C(C)C3=NC([C@H](CC(=O)OC)[C@@]3(C)CCC(=O)OC)[C@]3(C)N=C(/C(C)=C4\NC(=CC(=N2)C1(C)C)[C@@H](CCC(=O)OC)[C@]4(C)CC(=O)OCCOCCOCCN=[N+]=[N-])[C@@H](CCC(=O)OC)[C@]3(C)CC(=O)OC. The maximum absolute atomic E-state index is 14.5. The van der Waals surface area contributed by atoms with Crippen LogP contribution in [0.1, 0.15) is 126 Å². The van der Waals surface area contributed by atoms with E-state index in [1.165, 1.54) is 42.7 Å². The summed E-state index contributed by atoms with van der Waals surface area (Å²) in [6.07, 6.45) is 1.97. The summed E-state index contributed by atoms with van der Waals surface area (Å²) in [5.74, 6) is -6.09. The van der Waals surface area contributed by atoms with Gasteiger partial charge in [-0.25, -0.2) is 0 Å². The van der Waals surface area contributed by atoms with E-state index in [9.17, 15) is 33.6 Å². The third-order valence-electron chi connectivity index (χ3n) is 17.9. The van der Waals surface area contributed by atoms with E-state index in [2.05, 4.69) is 15.3 Å². The van der Waals surface area contributed by atoms with E-state index in [4.69, 9.17) is 63.1 Å². The summed E-state index contributed by atoms with van der Waals surface area (Å²) in [6, 6.07) is -0.928. The molecule has 0 aromatic rings. The van der Waals surface area contributed by atoms with Crippen LogP contribution in [0.4, 0.5) is 0 Å². The number of esters is 7. The number of nitrogens with zero attached hydrogens (tertiary/aromatic N) is 6. The van der Waals surface area contributed by atoms with Gasteiger partial charge in [0, 0.05) is 117 Å². The Balaban J connectivity index is 1.90. The van der Waals surface area contributed by atoms with Crippen LogP contribution >= 0.6 is 0 Å². The van der Waals surface area contributed by atoms with Crippen LogP contribution in [0.25, 0.3) is 10.4 Å². The molecule has 80 heavy (non-hydrogen) atoms. The molecule has 5 heterocycles. The van der Waals surface area contributed by atoms with Crippen molar-refractivity contribution in [1.82, 2.24) is 5.32 Å². The van der Waals surface area contributed by atoms with Crippen molar-refractivity contribution >= 4 is 58.9 Å². The highest BCUT2D eigenvalue weighted by atomic mass is 16.6. The molecule has 5 rings (SSSR count). The van der Waals surface area contributed by atoms with Gasteiger partial charge in [0.15, 0.2) is 0 Å². The van der Waals surface area contributed by atoms with Crippen molar-refractivity contribution in [1.29, 1.82) is 0 Å². The Labute approximate surface area is 469 Å². The maximum atomic E-state index is 14.5. The quantitative estimate of drug-likeness (QED) is 0.0211. The van der Waals surface area contributed by atoms with E-state index in [0.29, 0.717) is 51.8 Å². The number of azide groups is 1. The monoisotopic (exact) mass is 1120 g/mol. The zero-order chi connectivity index (χ0) is 59.4. The number of hydrogen-bond acceptors (Lipinski definition) is 21. The van der Waals surface area contributed by atoms with Gasteiger partial charge in [-0.15, -0.1) is 0 Å². The van der Waals surface area contributed by atoms with Crippen LogP contribution in [0.3, 0.4) is 0 Å². The molecule has 0 aromatic carbocycles.